The van der Waals surface area contributed by atoms with Crippen molar-refractivity contribution in [3.05, 3.63) is 58.9 Å². The highest BCUT2D eigenvalue weighted by Crippen LogP contribution is 2.46. The van der Waals surface area contributed by atoms with E-state index in [1.165, 1.54) is 12.1 Å². The van der Waals surface area contributed by atoms with Gasteiger partial charge >= 0.3 is 6.61 Å². The molecular weight excluding hydrogens is 404 g/mol. The number of carbonyl (C=O) groups is 1. The fraction of sp³-hybridized carbons (Fsp3) is 0.304. The minimum absolute atomic E-state index is 0.0203. The number of hydrogen-bond donors (Lipinski definition) is 1. The molecule has 1 unspecified atom stereocenters. The summed E-state index contributed by atoms with van der Waals surface area (Å²) in [5.41, 5.74) is 2.92. The maximum Gasteiger partial charge on any atom is 0.387 e. The quantitative estimate of drug-likeness (QED) is 0.501. The molecule has 0 saturated heterocycles. The number of hydrogen-bond acceptors (Lipinski definition) is 5. The standard InChI is InChI=1S/C23H21F2N3O3/c1-27(2)19-12-18(21-15(13-30)6-3-7-20(21)31-23(24)25)28-17-11-14(5-4-10-29)8-9-16(17)26-22(19)28/h3,6-9,11,13,18-19,23,29H,10,12H2,1-2H3/t18-,19?/m1/s1. The summed E-state index contributed by atoms with van der Waals surface area (Å²) in [5, 5.41) is 9.00. The van der Waals surface area contributed by atoms with Crippen molar-refractivity contribution in [2.45, 2.75) is 25.1 Å². The van der Waals surface area contributed by atoms with Gasteiger partial charge in [-0.05, 0) is 44.8 Å². The summed E-state index contributed by atoms with van der Waals surface area (Å²) in [7, 11) is 3.86. The summed E-state index contributed by atoms with van der Waals surface area (Å²) in [6.45, 7) is -3.26. The zero-order valence-corrected chi connectivity index (χ0v) is 17.0. The Balaban J connectivity index is 1.96. The Morgan fingerprint density at radius 3 is 2.84 bits per heavy atom. The second-order valence-corrected chi connectivity index (χ2v) is 7.49. The average Bonchev–Trinajstić information content (AvgIpc) is 3.28. The monoisotopic (exact) mass is 425 g/mol. The van der Waals surface area contributed by atoms with E-state index in [4.69, 9.17) is 14.8 Å². The molecule has 0 radical (unpaired) electrons. The van der Waals surface area contributed by atoms with Crippen LogP contribution in [0.1, 0.15) is 45.8 Å². The van der Waals surface area contributed by atoms with Crippen molar-refractivity contribution in [3.8, 4) is 17.6 Å². The van der Waals surface area contributed by atoms with Crippen LogP contribution in [0.2, 0.25) is 0 Å². The molecule has 0 spiro atoms. The minimum atomic E-state index is -3.01. The second kappa shape index (κ2) is 8.46. The van der Waals surface area contributed by atoms with Gasteiger partial charge in [-0.3, -0.25) is 9.69 Å². The maximum atomic E-state index is 13.1. The number of aliphatic hydroxyl groups excluding tert-OH is 1. The van der Waals surface area contributed by atoms with Gasteiger partial charge in [0.2, 0.25) is 0 Å². The predicted octanol–water partition coefficient (Wildman–Crippen LogP) is 3.39. The Hall–Kier alpha value is -3.28. The predicted molar refractivity (Wildman–Crippen MR) is 111 cm³/mol. The molecule has 1 aliphatic heterocycles. The molecule has 0 amide bonds. The molecule has 1 aliphatic rings. The molecule has 2 atom stereocenters. The van der Waals surface area contributed by atoms with Gasteiger partial charge in [0.1, 0.15) is 18.2 Å². The third-order valence-electron chi connectivity index (χ3n) is 5.48. The molecule has 4 rings (SSSR count). The minimum Gasteiger partial charge on any atom is -0.434 e. The molecule has 0 bridgehead atoms. The number of alkyl halides is 2. The normalized spacial score (nSPS) is 17.6. The lowest BCUT2D eigenvalue weighted by atomic mass is 9.96. The van der Waals surface area contributed by atoms with Crippen molar-refractivity contribution >= 4 is 17.3 Å². The van der Waals surface area contributed by atoms with Gasteiger partial charge in [0.25, 0.3) is 0 Å². The van der Waals surface area contributed by atoms with Crippen LogP contribution >= 0.6 is 0 Å². The van der Waals surface area contributed by atoms with E-state index in [0.29, 0.717) is 29.4 Å². The van der Waals surface area contributed by atoms with Gasteiger partial charge in [0.05, 0.1) is 23.1 Å². The van der Waals surface area contributed by atoms with E-state index in [9.17, 15) is 13.6 Å². The van der Waals surface area contributed by atoms with Crippen molar-refractivity contribution in [2.75, 3.05) is 20.7 Å². The van der Waals surface area contributed by atoms with Crippen LogP contribution < -0.4 is 4.74 Å². The molecule has 2 aromatic carbocycles. The highest BCUT2D eigenvalue weighted by molar-refractivity contribution is 5.82. The van der Waals surface area contributed by atoms with Crippen LogP contribution in [0.5, 0.6) is 5.75 Å². The van der Waals surface area contributed by atoms with E-state index in [1.54, 1.807) is 6.07 Å². The number of aromatic nitrogens is 2. The first-order valence-electron chi connectivity index (χ1n) is 9.75. The Kier molecular flexibility index (Phi) is 5.72. The van der Waals surface area contributed by atoms with Crippen molar-refractivity contribution in [1.82, 2.24) is 14.5 Å². The number of benzene rings is 2. The Bertz CT molecular complexity index is 1190. The number of imidazole rings is 1. The molecule has 31 heavy (non-hydrogen) atoms. The Morgan fingerprint density at radius 1 is 1.35 bits per heavy atom. The molecular formula is C23H21F2N3O3. The summed E-state index contributed by atoms with van der Waals surface area (Å²) >= 11 is 0. The first-order valence-corrected chi connectivity index (χ1v) is 9.75. The van der Waals surface area contributed by atoms with Gasteiger partial charge in [-0.1, -0.05) is 24.0 Å². The summed E-state index contributed by atoms with van der Waals surface area (Å²) in [6.07, 6.45) is 1.20. The van der Waals surface area contributed by atoms with Crippen LogP contribution in [0.4, 0.5) is 8.78 Å². The van der Waals surface area contributed by atoms with Crippen molar-refractivity contribution in [2.24, 2.45) is 0 Å². The van der Waals surface area contributed by atoms with Crippen LogP contribution in [0.25, 0.3) is 11.0 Å². The fourth-order valence-electron chi connectivity index (χ4n) is 4.22. The number of nitrogens with zero attached hydrogens (tertiary/aromatic N) is 3. The number of ether oxygens (including phenoxy) is 1. The third kappa shape index (κ3) is 3.78. The van der Waals surface area contributed by atoms with Crippen LogP contribution in [0, 0.1) is 11.8 Å². The van der Waals surface area contributed by atoms with Crippen molar-refractivity contribution in [3.63, 3.8) is 0 Å². The molecule has 8 heteroatoms. The zero-order valence-electron chi connectivity index (χ0n) is 17.0. The highest BCUT2D eigenvalue weighted by Gasteiger charge is 2.38. The van der Waals surface area contributed by atoms with Gasteiger partial charge in [-0.2, -0.15) is 8.78 Å². The van der Waals surface area contributed by atoms with Gasteiger partial charge in [0, 0.05) is 16.7 Å². The Morgan fingerprint density at radius 2 is 2.16 bits per heavy atom. The number of rotatable bonds is 5. The van der Waals surface area contributed by atoms with Gasteiger partial charge in [0.15, 0.2) is 6.29 Å². The van der Waals surface area contributed by atoms with Gasteiger partial charge in [-0.15, -0.1) is 0 Å². The van der Waals surface area contributed by atoms with Gasteiger partial charge in [-0.25, -0.2) is 4.98 Å². The smallest absolute Gasteiger partial charge is 0.387 e. The van der Waals surface area contributed by atoms with Crippen molar-refractivity contribution in [1.29, 1.82) is 0 Å². The van der Waals surface area contributed by atoms with E-state index >= 15 is 0 Å². The number of carbonyl (C=O) groups excluding carboxylic acids is 1. The summed E-state index contributed by atoms with van der Waals surface area (Å²) < 4.78 is 33.0. The molecule has 160 valence electrons. The van der Waals surface area contributed by atoms with Crippen LogP contribution in [0.3, 0.4) is 0 Å². The van der Waals surface area contributed by atoms with E-state index in [2.05, 4.69) is 11.8 Å². The Labute approximate surface area is 178 Å². The largest absolute Gasteiger partial charge is 0.434 e. The summed E-state index contributed by atoms with van der Waals surface area (Å²) in [5.74, 6) is 6.27. The first-order chi connectivity index (χ1) is 14.9. The average molecular weight is 425 g/mol. The van der Waals surface area contributed by atoms with Crippen molar-refractivity contribution < 1.29 is 23.4 Å². The fourth-order valence-corrected chi connectivity index (χ4v) is 4.22. The molecule has 0 aliphatic carbocycles. The number of aldehydes is 1. The number of fused-ring (bicyclic) bond motifs is 3. The third-order valence-corrected chi connectivity index (χ3v) is 5.48. The molecule has 1 N–H and O–H groups in total. The molecule has 3 aromatic rings. The molecule has 0 saturated carbocycles. The van der Waals surface area contributed by atoms with E-state index in [1.807, 2.05) is 41.8 Å². The maximum absolute atomic E-state index is 13.1. The number of halogens is 2. The second-order valence-electron chi connectivity index (χ2n) is 7.49. The van der Waals surface area contributed by atoms with Crippen LogP contribution in [-0.4, -0.2) is 53.2 Å². The summed E-state index contributed by atoms with van der Waals surface area (Å²) in [4.78, 5) is 18.6. The van der Waals surface area contributed by atoms with E-state index in [-0.39, 0.29) is 18.4 Å². The lowest BCUT2D eigenvalue weighted by Gasteiger charge is -2.22. The topological polar surface area (TPSA) is 67.6 Å². The summed E-state index contributed by atoms with van der Waals surface area (Å²) in [6, 6.07) is 9.59. The lowest BCUT2D eigenvalue weighted by Crippen LogP contribution is -2.18. The molecule has 0 fully saturated rings. The van der Waals surface area contributed by atoms with Gasteiger partial charge < -0.3 is 14.4 Å². The van der Waals surface area contributed by atoms with Crippen LogP contribution in [-0.2, 0) is 0 Å². The molecule has 6 nitrogen and oxygen atoms in total. The molecule has 1 aromatic heterocycles. The van der Waals surface area contributed by atoms with E-state index in [0.717, 1.165) is 16.9 Å². The SMILES string of the molecule is CN(C)C1C[C@H](c2c(C=O)cccc2OC(F)F)n2c1nc1ccc(C#CCO)cc12. The zero-order chi connectivity index (χ0) is 22.1. The highest BCUT2D eigenvalue weighted by atomic mass is 19.3. The van der Waals surface area contributed by atoms with E-state index < -0.39 is 12.7 Å². The first kappa shape index (κ1) is 21.0. The number of aliphatic hydroxyl groups is 1. The lowest BCUT2D eigenvalue weighted by molar-refractivity contribution is -0.0507. The molecule has 2 heterocycles. The van der Waals surface area contributed by atoms with Crippen LogP contribution in [0.15, 0.2) is 36.4 Å².